The Morgan fingerprint density at radius 3 is 2.60 bits per heavy atom. The number of H-pyrrole nitrogens is 1. The maximum atomic E-state index is 12.0. The second kappa shape index (κ2) is 3.06. The number of aromatic nitrogens is 2. The molecule has 2 aromatic rings. The van der Waals surface area contributed by atoms with E-state index in [1.54, 1.807) is 11.4 Å². The fourth-order valence-electron chi connectivity index (χ4n) is 1.55. The van der Waals surface area contributed by atoms with Gasteiger partial charge in [0.05, 0.1) is 5.39 Å². The highest BCUT2D eigenvalue weighted by molar-refractivity contribution is 7.16. The molecule has 5 heteroatoms. The van der Waals surface area contributed by atoms with E-state index in [4.69, 9.17) is 0 Å². The summed E-state index contributed by atoms with van der Waals surface area (Å²) >= 11 is 1.37. The minimum Gasteiger partial charge on any atom is -0.298 e. The highest BCUT2D eigenvalue weighted by Crippen LogP contribution is 2.14. The van der Waals surface area contributed by atoms with Crippen molar-refractivity contribution in [2.45, 2.75) is 26.3 Å². The van der Waals surface area contributed by atoms with Crippen molar-refractivity contribution in [3.8, 4) is 0 Å². The van der Waals surface area contributed by atoms with E-state index in [1.165, 1.54) is 15.9 Å². The van der Waals surface area contributed by atoms with Crippen LogP contribution in [0, 0.1) is 0 Å². The summed E-state index contributed by atoms with van der Waals surface area (Å²) in [6.07, 6.45) is 0. The van der Waals surface area contributed by atoms with Crippen LogP contribution in [-0.4, -0.2) is 9.55 Å². The predicted octanol–water partition coefficient (Wildman–Crippen LogP) is 1.51. The van der Waals surface area contributed by atoms with Gasteiger partial charge in [-0.2, -0.15) is 0 Å². The van der Waals surface area contributed by atoms with Crippen LogP contribution in [0.25, 0.3) is 10.2 Å². The number of fused-ring (bicyclic) bond motifs is 1. The minimum atomic E-state index is -0.499. The highest BCUT2D eigenvalue weighted by atomic mass is 32.1. The summed E-state index contributed by atoms with van der Waals surface area (Å²) in [4.78, 5) is 27.1. The number of aromatic amines is 1. The molecule has 0 aromatic carbocycles. The van der Waals surface area contributed by atoms with E-state index in [1.807, 2.05) is 20.8 Å². The van der Waals surface area contributed by atoms with Gasteiger partial charge in [0.1, 0.15) is 4.83 Å². The molecule has 15 heavy (non-hydrogen) atoms. The molecule has 2 aromatic heterocycles. The third-order valence-electron chi connectivity index (χ3n) is 2.19. The maximum Gasteiger partial charge on any atom is 0.329 e. The molecule has 0 aliphatic heterocycles. The predicted molar refractivity (Wildman–Crippen MR) is 61.7 cm³/mol. The number of thiophene rings is 1. The Balaban J connectivity index is 2.98. The van der Waals surface area contributed by atoms with Gasteiger partial charge >= 0.3 is 5.69 Å². The number of nitrogens with zero attached hydrogens (tertiary/aromatic N) is 1. The van der Waals surface area contributed by atoms with Gasteiger partial charge in [-0.05, 0) is 32.2 Å². The summed E-state index contributed by atoms with van der Waals surface area (Å²) in [7, 11) is 0. The van der Waals surface area contributed by atoms with Crippen molar-refractivity contribution < 1.29 is 0 Å². The summed E-state index contributed by atoms with van der Waals surface area (Å²) < 4.78 is 1.25. The van der Waals surface area contributed by atoms with Gasteiger partial charge in [-0.3, -0.25) is 14.3 Å². The van der Waals surface area contributed by atoms with E-state index >= 15 is 0 Å². The van der Waals surface area contributed by atoms with Gasteiger partial charge in [-0.1, -0.05) is 0 Å². The molecule has 0 radical (unpaired) electrons. The average molecular weight is 224 g/mol. The number of rotatable bonds is 0. The van der Waals surface area contributed by atoms with Crippen LogP contribution < -0.4 is 11.2 Å². The number of hydrogen-bond acceptors (Lipinski definition) is 3. The van der Waals surface area contributed by atoms with Crippen molar-refractivity contribution in [1.82, 2.24) is 9.55 Å². The van der Waals surface area contributed by atoms with Crippen molar-refractivity contribution in [2.24, 2.45) is 0 Å². The van der Waals surface area contributed by atoms with Crippen LogP contribution in [0.1, 0.15) is 20.8 Å². The first-order valence-corrected chi connectivity index (χ1v) is 5.52. The molecule has 1 N–H and O–H groups in total. The van der Waals surface area contributed by atoms with E-state index in [9.17, 15) is 9.59 Å². The van der Waals surface area contributed by atoms with Gasteiger partial charge in [-0.25, -0.2) is 4.79 Å². The Bertz CT molecular complexity index is 613. The Hall–Kier alpha value is -1.36. The van der Waals surface area contributed by atoms with Crippen LogP contribution in [0.2, 0.25) is 0 Å². The monoisotopic (exact) mass is 224 g/mol. The van der Waals surface area contributed by atoms with Crippen LogP contribution in [0.3, 0.4) is 0 Å². The zero-order valence-electron chi connectivity index (χ0n) is 8.83. The lowest BCUT2D eigenvalue weighted by Crippen LogP contribution is -2.44. The summed E-state index contributed by atoms with van der Waals surface area (Å²) in [6, 6.07) is 1.74. The lowest BCUT2D eigenvalue weighted by molar-refractivity contribution is 0.370. The van der Waals surface area contributed by atoms with Crippen molar-refractivity contribution in [3.63, 3.8) is 0 Å². The van der Waals surface area contributed by atoms with Crippen LogP contribution in [-0.2, 0) is 5.54 Å². The summed E-state index contributed by atoms with van der Waals surface area (Å²) in [5, 5.41) is 2.38. The Morgan fingerprint density at radius 2 is 2.00 bits per heavy atom. The molecular weight excluding hydrogens is 212 g/mol. The molecule has 0 saturated heterocycles. The van der Waals surface area contributed by atoms with Gasteiger partial charge in [0.2, 0.25) is 0 Å². The van der Waals surface area contributed by atoms with Gasteiger partial charge in [0.25, 0.3) is 5.56 Å². The zero-order valence-corrected chi connectivity index (χ0v) is 9.64. The summed E-state index contributed by atoms with van der Waals surface area (Å²) in [5.74, 6) is 0. The molecule has 4 nitrogen and oxygen atoms in total. The Morgan fingerprint density at radius 1 is 1.33 bits per heavy atom. The molecule has 0 saturated carbocycles. The smallest absolute Gasteiger partial charge is 0.298 e. The standard InChI is InChI=1S/C10H12N2O2S/c1-10(2,3)12-8(13)6-4-5-15-7(6)11-9(12)14/h4-5H,1-3H3,(H,11,14). The first kappa shape index (κ1) is 10.2. The molecule has 0 spiro atoms. The molecule has 2 rings (SSSR count). The minimum absolute atomic E-state index is 0.220. The molecule has 0 aliphatic rings. The Kier molecular flexibility index (Phi) is 2.08. The van der Waals surface area contributed by atoms with E-state index in [0.717, 1.165) is 0 Å². The van der Waals surface area contributed by atoms with Crippen LogP contribution in [0.5, 0.6) is 0 Å². The number of hydrogen-bond donors (Lipinski definition) is 1. The van der Waals surface area contributed by atoms with Crippen LogP contribution in [0.4, 0.5) is 0 Å². The zero-order chi connectivity index (χ0) is 11.2. The molecular formula is C10H12N2O2S. The van der Waals surface area contributed by atoms with E-state index in [2.05, 4.69) is 4.98 Å². The van der Waals surface area contributed by atoms with Gasteiger partial charge < -0.3 is 0 Å². The molecule has 0 unspecified atom stereocenters. The summed E-state index contributed by atoms with van der Waals surface area (Å²) in [5.41, 5.74) is -1.06. The topological polar surface area (TPSA) is 54.9 Å². The maximum absolute atomic E-state index is 12.0. The first-order chi connectivity index (χ1) is 6.91. The van der Waals surface area contributed by atoms with Crippen LogP contribution in [0.15, 0.2) is 21.0 Å². The third kappa shape index (κ3) is 1.52. The van der Waals surface area contributed by atoms with E-state index in [-0.39, 0.29) is 11.2 Å². The fraction of sp³-hybridized carbons (Fsp3) is 0.400. The second-order valence-corrected chi connectivity index (χ2v) is 5.32. The van der Waals surface area contributed by atoms with E-state index < -0.39 is 5.54 Å². The largest absolute Gasteiger partial charge is 0.329 e. The SMILES string of the molecule is CC(C)(C)n1c(=O)[nH]c2sccc2c1=O. The molecule has 0 bridgehead atoms. The molecule has 0 amide bonds. The van der Waals surface area contributed by atoms with Crippen molar-refractivity contribution in [2.75, 3.05) is 0 Å². The molecule has 0 atom stereocenters. The third-order valence-corrected chi connectivity index (χ3v) is 3.02. The van der Waals surface area contributed by atoms with Gasteiger partial charge in [0.15, 0.2) is 0 Å². The molecule has 0 fully saturated rings. The second-order valence-electron chi connectivity index (χ2n) is 4.40. The van der Waals surface area contributed by atoms with Crippen molar-refractivity contribution in [1.29, 1.82) is 0 Å². The van der Waals surface area contributed by atoms with Crippen LogP contribution >= 0.6 is 11.3 Å². The van der Waals surface area contributed by atoms with Crippen molar-refractivity contribution in [3.05, 3.63) is 32.3 Å². The van der Waals surface area contributed by atoms with Gasteiger partial charge in [-0.15, -0.1) is 11.3 Å². The average Bonchev–Trinajstić information content (AvgIpc) is 2.48. The van der Waals surface area contributed by atoms with Crippen molar-refractivity contribution >= 4 is 21.6 Å². The lowest BCUT2D eigenvalue weighted by Gasteiger charge is -2.20. The normalized spacial score (nSPS) is 12.2. The fourth-order valence-corrected chi connectivity index (χ4v) is 2.32. The highest BCUT2D eigenvalue weighted by Gasteiger charge is 2.19. The molecule has 80 valence electrons. The lowest BCUT2D eigenvalue weighted by atomic mass is 10.1. The Labute approximate surface area is 90.2 Å². The molecule has 0 aliphatic carbocycles. The summed E-state index contributed by atoms with van der Waals surface area (Å²) in [6.45, 7) is 5.51. The van der Waals surface area contributed by atoms with Gasteiger partial charge in [0, 0.05) is 5.54 Å². The quantitative estimate of drug-likeness (QED) is 0.737. The van der Waals surface area contributed by atoms with E-state index in [0.29, 0.717) is 10.2 Å². The first-order valence-electron chi connectivity index (χ1n) is 4.64. The molecule has 2 heterocycles. The number of nitrogens with one attached hydrogen (secondary N) is 1.